The number of rotatable bonds is 4. The third kappa shape index (κ3) is 2.88. The number of nitrogens with zero attached hydrogens (tertiary/aromatic N) is 1. The number of carbonyl (C=O) groups excluding carboxylic acids is 2. The van der Waals surface area contributed by atoms with Gasteiger partial charge in [-0.2, -0.15) is 0 Å². The molecule has 2 aliphatic heterocycles. The summed E-state index contributed by atoms with van der Waals surface area (Å²) >= 11 is 0. The largest absolute Gasteiger partial charge is 0.355 e. The van der Waals surface area contributed by atoms with Crippen LogP contribution in [0.2, 0.25) is 0 Å². The van der Waals surface area contributed by atoms with Crippen molar-refractivity contribution in [2.24, 2.45) is 0 Å². The highest BCUT2D eigenvalue weighted by Crippen LogP contribution is 2.28. The van der Waals surface area contributed by atoms with Crippen molar-refractivity contribution in [1.82, 2.24) is 10.2 Å². The topological polar surface area (TPSA) is 58.6 Å². The van der Waals surface area contributed by atoms with Gasteiger partial charge in [-0.25, -0.2) is 0 Å². The van der Waals surface area contributed by atoms with Gasteiger partial charge in [0, 0.05) is 19.1 Å². The molecule has 3 fully saturated rings. The van der Waals surface area contributed by atoms with Gasteiger partial charge in [-0.1, -0.05) is 25.7 Å². The van der Waals surface area contributed by atoms with E-state index in [1.54, 1.807) is 0 Å². The predicted molar refractivity (Wildman–Crippen MR) is 74.1 cm³/mol. The van der Waals surface area contributed by atoms with Crippen molar-refractivity contribution in [3.05, 3.63) is 0 Å². The Morgan fingerprint density at radius 2 is 1.55 bits per heavy atom. The van der Waals surface area contributed by atoms with Crippen LogP contribution in [0.4, 0.5) is 0 Å². The molecule has 0 radical (unpaired) electrons. The fraction of sp³-hybridized carbons (Fsp3) is 0.867. The molecule has 5 nitrogen and oxygen atoms in total. The Balaban J connectivity index is 1.47. The van der Waals surface area contributed by atoms with Crippen molar-refractivity contribution in [3.8, 4) is 0 Å². The fourth-order valence-electron chi connectivity index (χ4n) is 3.54. The van der Waals surface area contributed by atoms with Crippen LogP contribution < -0.4 is 5.32 Å². The first kappa shape index (κ1) is 14.0. The molecule has 112 valence electrons. The highest BCUT2D eigenvalue weighted by Gasteiger charge is 2.46. The van der Waals surface area contributed by atoms with Crippen molar-refractivity contribution in [3.63, 3.8) is 0 Å². The molecule has 5 heteroatoms. The predicted octanol–water partition coefficient (Wildman–Crippen LogP) is 1.22. The molecule has 2 amide bonds. The summed E-state index contributed by atoms with van der Waals surface area (Å²) in [6.07, 6.45) is 8.35. The Morgan fingerprint density at radius 1 is 0.950 bits per heavy atom. The lowest BCUT2D eigenvalue weighted by Gasteiger charge is -2.30. The van der Waals surface area contributed by atoms with E-state index in [9.17, 15) is 9.59 Å². The number of ether oxygens (including phenoxy) is 1. The Hall–Kier alpha value is -0.940. The standard InChI is InChI=1S/C15H24N2O3/c18-14-12-7-8-13(20-12)15(19)17(14)10-9-16-11-5-3-1-2-4-6-11/h11-13,16H,1-10H2. The first-order valence-electron chi connectivity index (χ1n) is 8.00. The smallest absolute Gasteiger partial charge is 0.258 e. The number of amides is 2. The minimum Gasteiger partial charge on any atom is -0.355 e. The maximum atomic E-state index is 12.1. The molecule has 2 heterocycles. The summed E-state index contributed by atoms with van der Waals surface area (Å²) in [5, 5.41) is 3.51. The van der Waals surface area contributed by atoms with Crippen LogP contribution in [0.25, 0.3) is 0 Å². The summed E-state index contributed by atoms with van der Waals surface area (Å²) in [6, 6.07) is 0.556. The molecule has 2 saturated heterocycles. The normalized spacial score (nSPS) is 31.7. The molecule has 1 aliphatic carbocycles. The molecule has 1 N–H and O–H groups in total. The van der Waals surface area contributed by atoms with Gasteiger partial charge < -0.3 is 10.1 Å². The molecule has 0 aromatic rings. The fourth-order valence-corrected chi connectivity index (χ4v) is 3.54. The lowest BCUT2D eigenvalue weighted by molar-refractivity contribution is -0.168. The summed E-state index contributed by atoms with van der Waals surface area (Å²) in [5.41, 5.74) is 0. The lowest BCUT2D eigenvalue weighted by atomic mass is 10.1. The van der Waals surface area contributed by atoms with Crippen LogP contribution in [-0.4, -0.2) is 48.1 Å². The van der Waals surface area contributed by atoms with Crippen molar-refractivity contribution in [2.75, 3.05) is 13.1 Å². The molecule has 1 saturated carbocycles. The SMILES string of the molecule is O=C1C2CCC(O2)C(=O)N1CCNC1CCCCCC1. The maximum Gasteiger partial charge on any atom is 0.258 e. The number of hydrogen-bond donors (Lipinski definition) is 1. The van der Waals surface area contributed by atoms with E-state index in [1.165, 1.54) is 43.4 Å². The Kier molecular flexibility index (Phi) is 4.36. The molecular weight excluding hydrogens is 256 g/mol. The first-order chi connectivity index (χ1) is 9.75. The number of morpholine rings is 1. The van der Waals surface area contributed by atoms with E-state index in [2.05, 4.69) is 5.32 Å². The number of nitrogens with one attached hydrogen (secondary N) is 1. The van der Waals surface area contributed by atoms with Crippen LogP contribution in [0, 0.1) is 0 Å². The summed E-state index contributed by atoms with van der Waals surface area (Å²) in [7, 11) is 0. The van der Waals surface area contributed by atoms with Gasteiger partial charge in [0.1, 0.15) is 12.2 Å². The third-order valence-corrected chi connectivity index (χ3v) is 4.73. The Labute approximate surface area is 120 Å². The quantitative estimate of drug-likeness (QED) is 0.621. The van der Waals surface area contributed by atoms with Crippen LogP contribution in [0.5, 0.6) is 0 Å². The van der Waals surface area contributed by atoms with Gasteiger partial charge >= 0.3 is 0 Å². The second-order valence-corrected chi connectivity index (χ2v) is 6.16. The van der Waals surface area contributed by atoms with E-state index in [1.807, 2.05) is 0 Å². The highest BCUT2D eigenvalue weighted by atomic mass is 16.5. The van der Waals surface area contributed by atoms with E-state index in [0.717, 1.165) is 0 Å². The summed E-state index contributed by atoms with van der Waals surface area (Å²) in [4.78, 5) is 25.6. The molecular formula is C15H24N2O3. The van der Waals surface area contributed by atoms with E-state index >= 15 is 0 Å². The van der Waals surface area contributed by atoms with Crippen LogP contribution in [-0.2, 0) is 14.3 Å². The van der Waals surface area contributed by atoms with E-state index < -0.39 is 0 Å². The van der Waals surface area contributed by atoms with E-state index in [4.69, 9.17) is 4.74 Å². The minimum absolute atomic E-state index is 0.133. The van der Waals surface area contributed by atoms with Crippen LogP contribution >= 0.6 is 0 Å². The van der Waals surface area contributed by atoms with E-state index in [0.29, 0.717) is 32.0 Å². The average Bonchev–Trinajstić information content (AvgIpc) is 2.75. The van der Waals surface area contributed by atoms with Crippen molar-refractivity contribution >= 4 is 11.8 Å². The highest BCUT2D eigenvalue weighted by molar-refractivity contribution is 6.02. The number of imide groups is 1. The van der Waals surface area contributed by atoms with Crippen LogP contribution in [0.1, 0.15) is 51.4 Å². The molecule has 2 atom stereocenters. The molecule has 0 aromatic carbocycles. The van der Waals surface area contributed by atoms with Crippen molar-refractivity contribution in [1.29, 1.82) is 0 Å². The lowest BCUT2D eigenvalue weighted by Crippen LogP contribution is -2.53. The van der Waals surface area contributed by atoms with Crippen LogP contribution in [0.3, 0.4) is 0 Å². The summed E-state index contributed by atoms with van der Waals surface area (Å²) in [6.45, 7) is 1.20. The monoisotopic (exact) mass is 280 g/mol. The molecule has 20 heavy (non-hydrogen) atoms. The van der Waals surface area contributed by atoms with Gasteiger partial charge in [-0.15, -0.1) is 0 Å². The Bertz CT molecular complexity index is 355. The third-order valence-electron chi connectivity index (χ3n) is 4.73. The molecule has 3 aliphatic rings. The van der Waals surface area contributed by atoms with Gasteiger partial charge in [0.25, 0.3) is 11.8 Å². The van der Waals surface area contributed by atoms with Gasteiger partial charge in [-0.3, -0.25) is 14.5 Å². The molecule has 2 bridgehead atoms. The zero-order chi connectivity index (χ0) is 13.9. The minimum atomic E-state index is -0.365. The van der Waals surface area contributed by atoms with Crippen molar-refractivity contribution < 1.29 is 14.3 Å². The van der Waals surface area contributed by atoms with Gasteiger partial charge in [-0.05, 0) is 25.7 Å². The zero-order valence-corrected chi connectivity index (χ0v) is 12.0. The number of carbonyl (C=O) groups is 2. The molecule has 0 spiro atoms. The first-order valence-corrected chi connectivity index (χ1v) is 8.00. The second kappa shape index (κ2) is 6.22. The maximum absolute atomic E-state index is 12.1. The molecule has 3 rings (SSSR count). The van der Waals surface area contributed by atoms with Gasteiger partial charge in [0.2, 0.25) is 0 Å². The molecule has 2 unspecified atom stereocenters. The van der Waals surface area contributed by atoms with Gasteiger partial charge in [0.05, 0.1) is 0 Å². The van der Waals surface area contributed by atoms with Crippen molar-refractivity contribution in [2.45, 2.75) is 69.6 Å². The Morgan fingerprint density at radius 3 is 2.15 bits per heavy atom. The number of fused-ring (bicyclic) bond motifs is 2. The number of likely N-dealkylation sites (tertiary alicyclic amines) is 1. The van der Waals surface area contributed by atoms with E-state index in [-0.39, 0.29) is 24.0 Å². The number of hydrogen-bond acceptors (Lipinski definition) is 4. The summed E-state index contributed by atoms with van der Waals surface area (Å²) in [5.74, 6) is -0.266. The zero-order valence-electron chi connectivity index (χ0n) is 12.0. The second-order valence-electron chi connectivity index (χ2n) is 6.16. The summed E-state index contributed by atoms with van der Waals surface area (Å²) < 4.78 is 5.40. The molecule has 0 aromatic heterocycles. The average molecular weight is 280 g/mol. The van der Waals surface area contributed by atoms with Gasteiger partial charge in [0.15, 0.2) is 0 Å². The van der Waals surface area contributed by atoms with Crippen LogP contribution in [0.15, 0.2) is 0 Å².